The highest BCUT2D eigenvalue weighted by molar-refractivity contribution is 9.10. The molecule has 0 fully saturated rings. The molecule has 31 heavy (non-hydrogen) atoms. The summed E-state index contributed by atoms with van der Waals surface area (Å²) in [5, 5.41) is 13.9. The van der Waals surface area contributed by atoms with E-state index in [4.69, 9.17) is 0 Å². The maximum atomic E-state index is 13.1. The Hall–Kier alpha value is -3.52. The molecular weight excluding hydrogens is 462 g/mol. The molecule has 4 aromatic rings. The summed E-state index contributed by atoms with van der Waals surface area (Å²) in [4.78, 5) is 37.6. The number of aryl methyl sites for hydroxylation is 1. The lowest BCUT2D eigenvalue weighted by Crippen LogP contribution is -2.29. The summed E-state index contributed by atoms with van der Waals surface area (Å²) in [5.74, 6) is -1.58. The zero-order valence-corrected chi connectivity index (χ0v) is 18.4. The second-order valence-corrected chi connectivity index (χ2v) is 8.10. The Kier molecular flexibility index (Phi) is 5.32. The molecule has 2 heterocycles. The molecule has 0 radical (unpaired) electrons. The van der Waals surface area contributed by atoms with Gasteiger partial charge < -0.3 is 9.67 Å². The number of aromatic carboxylic acids is 1. The van der Waals surface area contributed by atoms with Crippen LogP contribution >= 0.6 is 15.9 Å². The molecule has 0 aliphatic carbocycles. The van der Waals surface area contributed by atoms with Crippen molar-refractivity contribution in [3.63, 3.8) is 0 Å². The third-order valence-corrected chi connectivity index (χ3v) is 5.65. The Morgan fingerprint density at radius 1 is 1.03 bits per heavy atom. The van der Waals surface area contributed by atoms with Crippen LogP contribution in [0.3, 0.4) is 0 Å². The summed E-state index contributed by atoms with van der Waals surface area (Å²) in [6.45, 7) is 3.38. The van der Waals surface area contributed by atoms with E-state index < -0.39 is 11.5 Å². The summed E-state index contributed by atoms with van der Waals surface area (Å²) in [7, 11) is 0. The highest BCUT2D eigenvalue weighted by Crippen LogP contribution is 2.24. The number of nitrogens with zero attached hydrogens (tertiary/aromatic N) is 3. The van der Waals surface area contributed by atoms with Crippen molar-refractivity contribution in [3.8, 4) is 5.69 Å². The van der Waals surface area contributed by atoms with E-state index in [1.165, 1.54) is 12.1 Å². The maximum Gasteiger partial charge on any atom is 0.357 e. The van der Waals surface area contributed by atoms with Crippen molar-refractivity contribution < 1.29 is 14.7 Å². The van der Waals surface area contributed by atoms with E-state index in [1.807, 2.05) is 42.7 Å². The average molecular weight is 480 g/mol. The number of halogens is 1. The molecule has 7 nitrogen and oxygen atoms in total. The number of hydrogen-bond acceptors (Lipinski definition) is 4. The number of ketones is 1. The van der Waals surface area contributed by atoms with Gasteiger partial charge in [0.1, 0.15) is 6.54 Å². The van der Waals surface area contributed by atoms with Crippen molar-refractivity contribution in [2.45, 2.75) is 20.4 Å². The van der Waals surface area contributed by atoms with Gasteiger partial charge in [0.2, 0.25) is 0 Å². The fourth-order valence-electron chi connectivity index (χ4n) is 3.78. The first-order chi connectivity index (χ1) is 14.8. The standard InChI is InChI=1S/C23H18BrN3O4/c1-13-10-19(14(2)27(13)16-7-5-6-15(24)11-16)20(28)12-26-22(29)18-9-4-3-8-17(18)21(25-26)23(30)31/h3-11H,12H2,1-2H3,(H,30,31). The van der Waals surface area contributed by atoms with E-state index in [9.17, 15) is 19.5 Å². The number of fused-ring (bicyclic) bond motifs is 1. The van der Waals surface area contributed by atoms with Gasteiger partial charge in [-0.05, 0) is 44.2 Å². The molecular formula is C23H18BrN3O4. The molecule has 0 spiro atoms. The van der Waals surface area contributed by atoms with Crippen LogP contribution in [0.25, 0.3) is 16.5 Å². The summed E-state index contributed by atoms with van der Waals surface area (Å²) in [6.07, 6.45) is 0. The van der Waals surface area contributed by atoms with Crippen molar-refractivity contribution in [2.75, 3.05) is 0 Å². The lowest BCUT2D eigenvalue weighted by Gasteiger charge is -2.11. The maximum absolute atomic E-state index is 13.1. The summed E-state index contributed by atoms with van der Waals surface area (Å²) >= 11 is 3.46. The zero-order valence-electron chi connectivity index (χ0n) is 16.8. The first kappa shape index (κ1) is 20.7. The molecule has 2 aromatic heterocycles. The van der Waals surface area contributed by atoms with Gasteiger partial charge in [-0.3, -0.25) is 9.59 Å². The third-order valence-electron chi connectivity index (χ3n) is 5.16. The van der Waals surface area contributed by atoms with E-state index in [-0.39, 0.29) is 28.8 Å². The molecule has 0 aliphatic rings. The van der Waals surface area contributed by atoms with Crippen LogP contribution in [0.5, 0.6) is 0 Å². The summed E-state index contributed by atoms with van der Waals surface area (Å²) in [5.41, 5.74) is 2.18. The van der Waals surface area contributed by atoms with Gasteiger partial charge in [-0.15, -0.1) is 0 Å². The van der Waals surface area contributed by atoms with E-state index in [2.05, 4.69) is 21.0 Å². The van der Waals surface area contributed by atoms with Gasteiger partial charge >= 0.3 is 5.97 Å². The molecule has 1 N–H and O–H groups in total. The monoisotopic (exact) mass is 479 g/mol. The van der Waals surface area contributed by atoms with Crippen molar-refractivity contribution >= 4 is 38.5 Å². The van der Waals surface area contributed by atoms with E-state index in [1.54, 1.807) is 18.2 Å². The lowest BCUT2D eigenvalue weighted by molar-refractivity contribution is 0.0688. The van der Waals surface area contributed by atoms with Crippen LogP contribution in [0.4, 0.5) is 0 Å². The normalized spacial score (nSPS) is 11.1. The molecule has 0 atom stereocenters. The molecule has 0 unspecified atom stereocenters. The number of benzene rings is 2. The quantitative estimate of drug-likeness (QED) is 0.434. The lowest BCUT2D eigenvalue weighted by atomic mass is 10.1. The second kappa shape index (κ2) is 7.96. The van der Waals surface area contributed by atoms with Crippen molar-refractivity contribution in [1.82, 2.24) is 14.3 Å². The summed E-state index contributed by atoms with van der Waals surface area (Å²) in [6, 6.07) is 15.8. The van der Waals surface area contributed by atoms with Gasteiger partial charge in [-0.1, -0.05) is 40.2 Å². The van der Waals surface area contributed by atoms with Crippen LogP contribution in [-0.2, 0) is 6.54 Å². The Balaban J connectivity index is 1.77. The minimum absolute atomic E-state index is 0.210. The zero-order chi connectivity index (χ0) is 22.3. The fourth-order valence-corrected chi connectivity index (χ4v) is 4.17. The predicted molar refractivity (Wildman–Crippen MR) is 120 cm³/mol. The largest absolute Gasteiger partial charge is 0.476 e. The van der Waals surface area contributed by atoms with Gasteiger partial charge in [-0.2, -0.15) is 5.10 Å². The van der Waals surface area contributed by atoms with E-state index in [0.717, 1.165) is 26.2 Å². The minimum Gasteiger partial charge on any atom is -0.476 e. The average Bonchev–Trinajstić information content (AvgIpc) is 3.04. The second-order valence-electron chi connectivity index (χ2n) is 7.19. The molecule has 4 rings (SSSR count). The molecule has 0 saturated carbocycles. The number of carbonyl (C=O) groups is 2. The highest BCUT2D eigenvalue weighted by Gasteiger charge is 2.21. The molecule has 8 heteroatoms. The number of rotatable bonds is 5. The Morgan fingerprint density at radius 3 is 2.42 bits per heavy atom. The van der Waals surface area contributed by atoms with Gasteiger partial charge in [0, 0.05) is 32.5 Å². The van der Waals surface area contributed by atoms with Crippen molar-refractivity contribution in [2.24, 2.45) is 0 Å². The van der Waals surface area contributed by atoms with E-state index >= 15 is 0 Å². The molecule has 2 aromatic carbocycles. The van der Waals surface area contributed by atoms with Crippen molar-refractivity contribution in [1.29, 1.82) is 0 Å². The predicted octanol–water partition coefficient (Wildman–Crippen LogP) is 4.15. The minimum atomic E-state index is -1.26. The first-order valence-electron chi connectivity index (χ1n) is 9.49. The van der Waals surface area contributed by atoms with Crippen LogP contribution in [-0.4, -0.2) is 31.2 Å². The van der Waals surface area contributed by atoms with Crippen LogP contribution in [0, 0.1) is 13.8 Å². The third kappa shape index (κ3) is 3.70. The first-order valence-corrected chi connectivity index (χ1v) is 10.3. The van der Waals surface area contributed by atoms with Gasteiger partial charge in [0.25, 0.3) is 5.56 Å². The molecule has 0 aliphatic heterocycles. The Morgan fingerprint density at radius 2 is 1.74 bits per heavy atom. The number of carboxylic acids is 1. The van der Waals surface area contributed by atoms with Gasteiger partial charge in [-0.25, -0.2) is 9.48 Å². The van der Waals surface area contributed by atoms with Gasteiger partial charge in [0.15, 0.2) is 11.5 Å². The molecule has 0 amide bonds. The SMILES string of the molecule is Cc1cc(C(=O)Cn2nc(C(=O)O)c3ccccc3c2=O)c(C)n1-c1cccc(Br)c1. The number of carboxylic acid groups (broad SMARTS) is 1. The van der Waals surface area contributed by atoms with E-state index in [0.29, 0.717) is 5.56 Å². The molecule has 0 bridgehead atoms. The number of Topliss-reactive ketones (excluding diaryl/α,β-unsaturated/α-hetero) is 1. The number of aromatic nitrogens is 3. The number of carbonyl (C=O) groups excluding carboxylic acids is 1. The van der Waals surface area contributed by atoms with Crippen LogP contribution in [0.2, 0.25) is 0 Å². The topological polar surface area (TPSA) is 94.2 Å². The smallest absolute Gasteiger partial charge is 0.357 e. The summed E-state index contributed by atoms with van der Waals surface area (Å²) < 4.78 is 3.80. The molecule has 156 valence electrons. The van der Waals surface area contributed by atoms with Gasteiger partial charge in [0.05, 0.1) is 5.39 Å². The Labute approximate surface area is 185 Å². The highest BCUT2D eigenvalue weighted by atomic mass is 79.9. The Bertz CT molecular complexity index is 1420. The number of hydrogen-bond donors (Lipinski definition) is 1. The van der Waals surface area contributed by atoms with Crippen molar-refractivity contribution in [3.05, 3.63) is 92.1 Å². The molecule has 0 saturated heterocycles. The fraction of sp³-hybridized carbons (Fsp3) is 0.130. The van der Waals surface area contributed by atoms with Crippen LogP contribution in [0.15, 0.2) is 63.9 Å². The van der Waals surface area contributed by atoms with Crippen LogP contribution < -0.4 is 5.56 Å². The van der Waals surface area contributed by atoms with Crippen LogP contribution in [0.1, 0.15) is 32.2 Å².